The predicted molar refractivity (Wildman–Crippen MR) is 50.6 cm³/mol. The minimum Gasteiger partial charge on any atom is -0.465 e. The van der Waals surface area contributed by atoms with E-state index < -0.39 is 5.97 Å². The Morgan fingerprint density at radius 3 is 3.07 bits per heavy atom. The Morgan fingerprint density at radius 1 is 1.60 bits per heavy atom. The zero-order chi connectivity index (χ0) is 10.8. The summed E-state index contributed by atoms with van der Waals surface area (Å²) in [4.78, 5) is 25.7. The molecule has 0 aromatic carbocycles. The number of hydrogen-bond donors (Lipinski definition) is 1. The van der Waals surface area contributed by atoms with Crippen molar-refractivity contribution in [3.8, 4) is 0 Å². The molecule has 1 N–H and O–H groups in total. The molecule has 0 aliphatic carbocycles. The monoisotopic (exact) mass is 205 g/mol. The second kappa shape index (κ2) is 3.49. The van der Waals surface area contributed by atoms with Gasteiger partial charge in [0, 0.05) is 6.20 Å². The molecule has 15 heavy (non-hydrogen) atoms. The number of aromatic nitrogens is 3. The van der Waals surface area contributed by atoms with Gasteiger partial charge in [-0.1, -0.05) is 0 Å². The number of esters is 1. The van der Waals surface area contributed by atoms with Crippen molar-refractivity contribution in [1.82, 2.24) is 15.2 Å². The van der Waals surface area contributed by atoms with Crippen molar-refractivity contribution in [2.45, 2.75) is 0 Å². The third-order valence-electron chi connectivity index (χ3n) is 1.98. The highest BCUT2D eigenvalue weighted by molar-refractivity contribution is 5.98. The van der Waals surface area contributed by atoms with Gasteiger partial charge in [0.1, 0.15) is 5.69 Å². The summed E-state index contributed by atoms with van der Waals surface area (Å²) in [5.41, 5.74) is 0.975. The number of nitrogens with one attached hydrogen (secondary N) is 1. The normalized spacial score (nSPS) is 10.2. The van der Waals surface area contributed by atoms with E-state index in [1.54, 1.807) is 0 Å². The van der Waals surface area contributed by atoms with Gasteiger partial charge in [-0.2, -0.15) is 5.10 Å². The number of nitrogens with zero attached hydrogens (tertiary/aromatic N) is 2. The van der Waals surface area contributed by atoms with Gasteiger partial charge < -0.3 is 4.74 Å². The molecular weight excluding hydrogens is 198 g/mol. The van der Waals surface area contributed by atoms with Crippen molar-refractivity contribution in [1.29, 1.82) is 0 Å². The Bertz CT molecular complexity index is 532. The largest absolute Gasteiger partial charge is 0.465 e. The fraction of sp³-hybridized carbons (Fsp3) is 0.111. The van der Waals surface area contributed by atoms with Crippen LogP contribution in [0.4, 0.5) is 0 Å². The van der Waals surface area contributed by atoms with Gasteiger partial charge in [0.05, 0.1) is 18.1 Å². The first kappa shape index (κ1) is 9.32. The third-order valence-corrected chi connectivity index (χ3v) is 1.98. The first-order chi connectivity index (χ1) is 7.26. The van der Waals surface area contributed by atoms with Crippen LogP contribution >= 0.6 is 0 Å². The number of pyridine rings is 1. The molecule has 0 bridgehead atoms. The number of fused-ring (bicyclic) bond motifs is 1. The minimum atomic E-state index is -0.498. The maximum absolute atomic E-state index is 11.2. The number of rotatable bonds is 2. The average molecular weight is 205 g/mol. The van der Waals surface area contributed by atoms with Crippen molar-refractivity contribution in [3.05, 3.63) is 23.5 Å². The predicted octanol–water partition coefficient (Wildman–Crippen LogP) is 0.557. The van der Waals surface area contributed by atoms with Gasteiger partial charge in [-0.25, -0.2) is 9.78 Å². The molecule has 2 heterocycles. The lowest BCUT2D eigenvalue weighted by Crippen LogP contribution is -2.01. The van der Waals surface area contributed by atoms with E-state index in [1.165, 1.54) is 19.4 Å². The highest BCUT2D eigenvalue weighted by atomic mass is 16.5. The van der Waals surface area contributed by atoms with Crippen LogP contribution in [0.3, 0.4) is 0 Å². The minimum absolute atomic E-state index is 0.287. The summed E-state index contributed by atoms with van der Waals surface area (Å²) in [7, 11) is 1.28. The molecule has 0 aliphatic heterocycles. The van der Waals surface area contributed by atoms with Gasteiger partial charge in [0.15, 0.2) is 11.9 Å². The fourth-order valence-corrected chi connectivity index (χ4v) is 1.24. The number of hydrogen-bond acceptors (Lipinski definition) is 5. The van der Waals surface area contributed by atoms with Crippen molar-refractivity contribution in [2.75, 3.05) is 7.11 Å². The molecule has 0 aliphatic rings. The summed E-state index contributed by atoms with van der Waals surface area (Å²) in [6.07, 6.45) is 1.97. The van der Waals surface area contributed by atoms with Gasteiger partial charge >= 0.3 is 5.97 Å². The maximum Gasteiger partial charge on any atom is 0.339 e. The van der Waals surface area contributed by atoms with E-state index >= 15 is 0 Å². The molecule has 0 amide bonds. The summed E-state index contributed by atoms with van der Waals surface area (Å²) >= 11 is 0. The standard InChI is InChI=1S/C9H7N3O3/c1-15-9(14)5-2-6-7(4-13)11-12-8(6)10-3-5/h2-4H,1H3,(H,10,11,12). The van der Waals surface area contributed by atoms with Crippen LogP contribution in [-0.4, -0.2) is 34.5 Å². The molecule has 0 saturated carbocycles. The zero-order valence-corrected chi connectivity index (χ0v) is 7.85. The van der Waals surface area contributed by atoms with E-state index in [0.29, 0.717) is 23.0 Å². The smallest absolute Gasteiger partial charge is 0.339 e. The second-order valence-corrected chi connectivity index (χ2v) is 2.84. The van der Waals surface area contributed by atoms with Crippen LogP contribution < -0.4 is 0 Å². The Kier molecular flexibility index (Phi) is 2.17. The molecular formula is C9H7N3O3. The number of carbonyl (C=O) groups excluding carboxylic acids is 2. The molecule has 0 fully saturated rings. The highest BCUT2D eigenvalue weighted by Gasteiger charge is 2.11. The Labute approximate surface area is 84.3 Å². The molecule has 2 aromatic rings. The maximum atomic E-state index is 11.2. The Balaban J connectivity index is 2.62. The molecule has 2 aromatic heterocycles. The molecule has 6 nitrogen and oxygen atoms in total. The number of ether oxygens (including phenoxy) is 1. The van der Waals surface area contributed by atoms with Crippen molar-refractivity contribution < 1.29 is 14.3 Å². The van der Waals surface area contributed by atoms with E-state index in [1.807, 2.05) is 0 Å². The number of methoxy groups -OCH3 is 1. The van der Waals surface area contributed by atoms with E-state index in [2.05, 4.69) is 19.9 Å². The van der Waals surface area contributed by atoms with Gasteiger partial charge in [-0.3, -0.25) is 9.89 Å². The van der Waals surface area contributed by atoms with Crippen molar-refractivity contribution in [2.24, 2.45) is 0 Å². The van der Waals surface area contributed by atoms with E-state index in [9.17, 15) is 9.59 Å². The van der Waals surface area contributed by atoms with Gasteiger partial charge in [0.25, 0.3) is 0 Å². The molecule has 76 valence electrons. The average Bonchev–Trinajstić information content (AvgIpc) is 2.69. The van der Waals surface area contributed by atoms with Crippen LogP contribution in [0.2, 0.25) is 0 Å². The fourth-order valence-electron chi connectivity index (χ4n) is 1.24. The number of H-pyrrole nitrogens is 1. The summed E-state index contributed by atoms with van der Waals surface area (Å²) in [5.74, 6) is -0.498. The summed E-state index contributed by atoms with van der Waals surface area (Å²) in [6.45, 7) is 0. The highest BCUT2D eigenvalue weighted by Crippen LogP contribution is 2.14. The molecule has 0 spiro atoms. The molecule has 6 heteroatoms. The molecule has 0 saturated heterocycles. The lowest BCUT2D eigenvalue weighted by molar-refractivity contribution is 0.0600. The van der Waals surface area contributed by atoms with Crippen LogP contribution in [-0.2, 0) is 4.74 Å². The topological polar surface area (TPSA) is 84.9 Å². The van der Waals surface area contributed by atoms with E-state index in [-0.39, 0.29) is 5.56 Å². The Hall–Kier alpha value is -2.24. The molecule has 0 radical (unpaired) electrons. The van der Waals surface area contributed by atoms with Crippen LogP contribution in [0.25, 0.3) is 11.0 Å². The van der Waals surface area contributed by atoms with Gasteiger partial charge in [-0.15, -0.1) is 0 Å². The quantitative estimate of drug-likeness (QED) is 0.571. The number of aldehydes is 1. The van der Waals surface area contributed by atoms with Crippen LogP contribution in [0.1, 0.15) is 20.8 Å². The summed E-state index contributed by atoms with van der Waals surface area (Å²) < 4.78 is 4.54. The second-order valence-electron chi connectivity index (χ2n) is 2.84. The zero-order valence-electron chi connectivity index (χ0n) is 7.85. The third kappa shape index (κ3) is 1.45. The summed E-state index contributed by atoms with van der Waals surface area (Å²) in [6, 6.07) is 1.52. The molecule has 0 unspecified atom stereocenters. The van der Waals surface area contributed by atoms with Crippen LogP contribution in [0.5, 0.6) is 0 Å². The van der Waals surface area contributed by atoms with Crippen LogP contribution in [0.15, 0.2) is 12.3 Å². The van der Waals surface area contributed by atoms with Crippen LogP contribution in [0, 0.1) is 0 Å². The Morgan fingerprint density at radius 2 is 2.40 bits per heavy atom. The van der Waals surface area contributed by atoms with E-state index in [4.69, 9.17) is 0 Å². The lowest BCUT2D eigenvalue weighted by Gasteiger charge is -1.97. The first-order valence-electron chi connectivity index (χ1n) is 4.14. The van der Waals surface area contributed by atoms with Gasteiger partial charge in [-0.05, 0) is 6.07 Å². The van der Waals surface area contributed by atoms with Crippen molar-refractivity contribution >= 4 is 23.3 Å². The SMILES string of the molecule is COC(=O)c1cnc2n[nH]c(C=O)c2c1. The van der Waals surface area contributed by atoms with E-state index in [0.717, 1.165) is 0 Å². The summed E-state index contributed by atoms with van der Waals surface area (Å²) in [5, 5.41) is 6.82. The van der Waals surface area contributed by atoms with Gasteiger partial charge in [0.2, 0.25) is 0 Å². The number of aromatic amines is 1. The number of carbonyl (C=O) groups is 2. The van der Waals surface area contributed by atoms with Crippen molar-refractivity contribution in [3.63, 3.8) is 0 Å². The molecule has 0 atom stereocenters. The first-order valence-corrected chi connectivity index (χ1v) is 4.14. The lowest BCUT2D eigenvalue weighted by atomic mass is 10.2. The molecule has 2 rings (SSSR count).